The summed E-state index contributed by atoms with van der Waals surface area (Å²) < 4.78 is 5.58. The molecule has 0 bridgehead atoms. The minimum absolute atomic E-state index is 0.108. The largest absolute Gasteiger partial charge is 0.483 e. The van der Waals surface area contributed by atoms with Crippen molar-refractivity contribution in [3.63, 3.8) is 0 Å². The number of hydrogen-bond donors (Lipinski definition) is 2. The normalized spacial score (nSPS) is 14.4. The molecule has 0 spiro atoms. The van der Waals surface area contributed by atoms with E-state index < -0.39 is 0 Å². The van der Waals surface area contributed by atoms with Gasteiger partial charge in [-0.1, -0.05) is 49.6 Å². The molecule has 0 heterocycles. The Balaban J connectivity index is 1.60. The van der Waals surface area contributed by atoms with Gasteiger partial charge in [0.1, 0.15) is 5.75 Å². The van der Waals surface area contributed by atoms with Gasteiger partial charge in [0.05, 0.1) is 11.3 Å². The van der Waals surface area contributed by atoms with Crippen molar-refractivity contribution < 1.29 is 14.3 Å². The van der Waals surface area contributed by atoms with Gasteiger partial charge in [0.25, 0.3) is 11.8 Å². The average Bonchev–Trinajstić information content (AvgIpc) is 2.68. The molecule has 0 atom stereocenters. The van der Waals surface area contributed by atoms with Crippen molar-refractivity contribution in [2.24, 2.45) is 0 Å². The second-order valence-electron chi connectivity index (χ2n) is 6.96. The average molecular weight is 366 g/mol. The summed E-state index contributed by atoms with van der Waals surface area (Å²) >= 11 is 0. The SMILES string of the molecule is Cc1ccccc1OCC(=O)Nc1ccccc1C(=O)NC1CCCCC1. The van der Waals surface area contributed by atoms with E-state index in [9.17, 15) is 9.59 Å². The standard InChI is InChI=1S/C22H26N2O3/c1-16-9-5-8-14-20(16)27-15-21(25)24-19-13-7-6-12-18(19)22(26)23-17-10-3-2-4-11-17/h5-9,12-14,17H,2-4,10-11,15H2,1H3,(H,23,26)(H,24,25). The zero-order valence-corrected chi connectivity index (χ0v) is 15.7. The maximum absolute atomic E-state index is 12.6. The monoisotopic (exact) mass is 366 g/mol. The number of carbonyl (C=O) groups is 2. The highest BCUT2D eigenvalue weighted by molar-refractivity contribution is 6.04. The Morgan fingerprint density at radius 2 is 1.70 bits per heavy atom. The van der Waals surface area contributed by atoms with Crippen molar-refractivity contribution in [3.8, 4) is 5.75 Å². The molecule has 0 saturated heterocycles. The second kappa shape index (κ2) is 9.21. The number of carbonyl (C=O) groups excluding carboxylic acids is 2. The Labute approximate surface area is 160 Å². The zero-order valence-electron chi connectivity index (χ0n) is 15.7. The van der Waals surface area contributed by atoms with Crippen LogP contribution in [0.25, 0.3) is 0 Å². The molecule has 2 aromatic carbocycles. The molecule has 5 heteroatoms. The number of anilines is 1. The fraction of sp³-hybridized carbons (Fsp3) is 0.364. The third-order valence-electron chi connectivity index (χ3n) is 4.84. The topological polar surface area (TPSA) is 67.4 Å². The number of benzene rings is 2. The summed E-state index contributed by atoms with van der Waals surface area (Å²) in [6.45, 7) is 1.82. The first-order valence-electron chi connectivity index (χ1n) is 9.51. The van der Waals surface area contributed by atoms with Crippen molar-refractivity contribution in [1.82, 2.24) is 5.32 Å². The van der Waals surface area contributed by atoms with Crippen molar-refractivity contribution in [2.75, 3.05) is 11.9 Å². The number of amides is 2. The van der Waals surface area contributed by atoms with Crippen LogP contribution in [0, 0.1) is 6.92 Å². The fourth-order valence-corrected chi connectivity index (χ4v) is 3.35. The summed E-state index contributed by atoms with van der Waals surface area (Å²) in [5.74, 6) is 0.241. The minimum atomic E-state index is -0.295. The predicted octanol–water partition coefficient (Wildman–Crippen LogP) is 4.08. The number of ether oxygens (including phenoxy) is 1. The van der Waals surface area contributed by atoms with Crippen LogP contribution in [0.3, 0.4) is 0 Å². The summed E-state index contributed by atoms with van der Waals surface area (Å²) in [7, 11) is 0. The van der Waals surface area contributed by atoms with Crippen molar-refractivity contribution >= 4 is 17.5 Å². The van der Waals surface area contributed by atoms with E-state index in [4.69, 9.17) is 4.74 Å². The quantitative estimate of drug-likeness (QED) is 0.810. The van der Waals surface area contributed by atoms with Gasteiger partial charge in [-0.05, 0) is 43.5 Å². The van der Waals surface area contributed by atoms with Crippen LogP contribution in [0.4, 0.5) is 5.69 Å². The summed E-state index contributed by atoms with van der Waals surface area (Å²) in [5.41, 5.74) is 1.95. The molecule has 0 unspecified atom stereocenters. The van der Waals surface area contributed by atoms with E-state index in [2.05, 4.69) is 10.6 Å². The molecule has 1 aliphatic carbocycles. The van der Waals surface area contributed by atoms with Gasteiger partial charge in [0, 0.05) is 6.04 Å². The third kappa shape index (κ3) is 5.33. The number of rotatable bonds is 6. The summed E-state index contributed by atoms with van der Waals surface area (Å²) in [5, 5.41) is 5.89. The van der Waals surface area contributed by atoms with Crippen LogP contribution in [-0.2, 0) is 4.79 Å². The Kier molecular flexibility index (Phi) is 6.47. The van der Waals surface area contributed by atoms with E-state index in [0.717, 1.165) is 31.2 Å². The Bertz CT molecular complexity index is 798. The lowest BCUT2D eigenvalue weighted by Crippen LogP contribution is -2.36. The lowest BCUT2D eigenvalue weighted by atomic mass is 9.95. The molecule has 2 amide bonds. The van der Waals surface area contributed by atoms with Crippen LogP contribution < -0.4 is 15.4 Å². The number of hydrogen-bond acceptors (Lipinski definition) is 3. The highest BCUT2D eigenvalue weighted by Crippen LogP contribution is 2.20. The van der Waals surface area contributed by atoms with Crippen LogP contribution in [-0.4, -0.2) is 24.5 Å². The van der Waals surface area contributed by atoms with Crippen molar-refractivity contribution in [1.29, 1.82) is 0 Å². The van der Waals surface area contributed by atoms with Gasteiger partial charge >= 0.3 is 0 Å². The molecule has 27 heavy (non-hydrogen) atoms. The van der Waals surface area contributed by atoms with Crippen LogP contribution in [0.2, 0.25) is 0 Å². The Morgan fingerprint density at radius 3 is 2.48 bits per heavy atom. The highest BCUT2D eigenvalue weighted by Gasteiger charge is 2.19. The first-order valence-corrected chi connectivity index (χ1v) is 9.51. The Hall–Kier alpha value is -2.82. The molecule has 0 aliphatic heterocycles. The van der Waals surface area contributed by atoms with E-state index in [-0.39, 0.29) is 24.5 Å². The predicted molar refractivity (Wildman–Crippen MR) is 106 cm³/mol. The summed E-state index contributed by atoms with van der Waals surface area (Å²) in [6, 6.07) is 14.8. The highest BCUT2D eigenvalue weighted by atomic mass is 16.5. The molecule has 1 saturated carbocycles. The molecule has 0 radical (unpaired) electrons. The first-order chi connectivity index (χ1) is 13.1. The van der Waals surface area contributed by atoms with Gasteiger partial charge in [-0.25, -0.2) is 0 Å². The van der Waals surface area contributed by atoms with Crippen molar-refractivity contribution in [2.45, 2.75) is 45.1 Å². The van der Waals surface area contributed by atoms with Gasteiger partial charge in [-0.15, -0.1) is 0 Å². The maximum Gasteiger partial charge on any atom is 0.262 e. The van der Waals surface area contributed by atoms with Crippen LogP contribution >= 0.6 is 0 Å². The Morgan fingerprint density at radius 1 is 1.00 bits per heavy atom. The van der Waals surface area contributed by atoms with Crippen LogP contribution in [0.15, 0.2) is 48.5 Å². The van der Waals surface area contributed by atoms with E-state index in [0.29, 0.717) is 17.0 Å². The molecule has 2 N–H and O–H groups in total. The second-order valence-corrected chi connectivity index (χ2v) is 6.96. The fourth-order valence-electron chi connectivity index (χ4n) is 3.35. The molecule has 2 aromatic rings. The van der Waals surface area contributed by atoms with Gasteiger partial charge in [0.2, 0.25) is 0 Å². The molecule has 1 aliphatic rings. The van der Waals surface area contributed by atoms with E-state index in [1.807, 2.05) is 31.2 Å². The van der Waals surface area contributed by atoms with Crippen molar-refractivity contribution in [3.05, 3.63) is 59.7 Å². The van der Waals surface area contributed by atoms with Crippen LogP contribution in [0.5, 0.6) is 5.75 Å². The van der Waals surface area contributed by atoms with Crippen LogP contribution in [0.1, 0.15) is 48.0 Å². The van der Waals surface area contributed by atoms with Gasteiger partial charge in [-0.3, -0.25) is 9.59 Å². The third-order valence-corrected chi connectivity index (χ3v) is 4.84. The van der Waals surface area contributed by atoms with E-state index in [1.54, 1.807) is 24.3 Å². The van der Waals surface area contributed by atoms with Gasteiger partial charge < -0.3 is 15.4 Å². The van der Waals surface area contributed by atoms with E-state index >= 15 is 0 Å². The molecule has 142 valence electrons. The molecule has 5 nitrogen and oxygen atoms in total. The van der Waals surface area contributed by atoms with Gasteiger partial charge in [0.15, 0.2) is 6.61 Å². The summed E-state index contributed by atoms with van der Waals surface area (Å²) in [4.78, 5) is 24.9. The summed E-state index contributed by atoms with van der Waals surface area (Å²) in [6.07, 6.45) is 5.58. The lowest BCUT2D eigenvalue weighted by Gasteiger charge is -2.23. The smallest absolute Gasteiger partial charge is 0.262 e. The molecular formula is C22H26N2O3. The lowest BCUT2D eigenvalue weighted by molar-refractivity contribution is -0.118. The number of para-hydroxylation sites is 2. The number of aryl methyl sites for hydroxylation is 1. The minimum Gasteiger partial charge on any atom is -0.483 e. The molecule has 3 rings (SSSR count). The molecular weight excluding hydrogens is 340 g/mol. The number of nitrogens with one attached hydrogen (secondary N) is 2. The molecule has 0 aromatic heterocycles. The molecule has 1 fully saturated rings. The van der Waals surface area contributed by atoms with E-state index in [1.165, 1.54) is 6.42 Å². The zero-order chi connectivity index (χ0) is 19.1. The maximum atomic E-state index is 12.6. The first kappa shape index (κ1) is 19.0. The van der Waals surface area contributed by atoms with Gasteiger partial charge in [-0.2, -0.15) is 0 Å².